The van der Waals surface area contributed by atoms with Crippen LogP contribution in [-0.2, 0) is 19.9 Å². The van der Waals surface area contributed by atoms with Crippen molar-refractivity contribution in [1.29, 1.82) is 5.26 Å². The number of H-pyrrole nitrogens is 1. The molecule has 0 saturated heterocycles. The SMILES string of the molecule is Cn1nccc1-c1c2c([nH]c(=O)c1C#N)CCCCC2. The third kappa shape index (κ3) is 1.94. The molecule has 20 heavy (non-hydrogen) atoms. The molecule has 2 heterocycles. The van der Waals surface area contributed by atoms with Crippen molar-refractivity contribution in [3.63, 3.8) is 0 Å². The Labute approximate surface area is 116 Å². The normalized spacial score (nSPS) is 14.4. The predicted molar refractivity (Wildman–Crippen MR) is 75.2 cm³/mol. The largest absolute Gasteiger partial charge is 0.325 e. The lowest BCUT2D eigenvalue weighted by molar-refractivity contribution is 0.708. The Kier molecular flexibility index (Phi) is 3.15. The summed E-state index contributed by atoms with van der Waals surface area (Å²) in [6.07, 6.45) is 6.81. The molecule has 0 fully saturated rings. The molecule has 0 aliphatic heterocycles. The number of aromatic nitrogens is 3. The molecule has 0 bridgehead atoms. The van der Waals surface area contributed by atoms with E-state index in [1.807, 2.05) is 13.1 Å². The number of nitrogens with zero attached hydrogens (tertiary/aromatic N) is 3. The van der Waals surface area contributed by atoms with Crippen molar-refractivity contribution in [2.45, 2.75) is 32.1 Å². The minimum absolute atomic E-state index is 0.203. The van der Waals surface area contributed by atoms with Crippen LogP contribution in [0.15, 0.2) is 17.1 Å². The van der Waals surface area contributed by atoms with Crippen LogP contribution in [0.3, 0.4) is 0 Å². The summed E-state index contributed by atoms with van der Waals surface area (Å²) in [5.74, 6) is 0. The van der Waals surface area contributed by atoms with Crippen molar-refractivity contribution in [3.8, 4) is 17.3 Å². The number of aromatic amines is 1. The molecule has 0 aromatic carbocycles. The van der Waals surface area contributed by atoms with Gasteiger partial charge in [0.15, 0.2) is 0 Å². The van der Waals surface area contributed by atoms with E-state index in [4.69, 9.17) is 0 Å². The molecule has 0 amide bonds. The molecule has 102 valence electrons. The van der Waals surface area contributed by atoms with Gasteiger partial charge in [0, 0.05) is 24.5 Å². The fraction of sp³-hybridized carbons (Fsp3) is 0.400. The monoisotopic (exact) mass is 268 g/mol. The zero-order valence-corrected chi connectivity index (χ0v) is 11.4. The molecule has 0 spiro atoms. The van der Waals surface area contributed by atoms with E-state index >= 15 is 0 Å². The zero-order valence-electron chi connectivity index (χ0n) is 11.4. The van der Waals surface area contributed by atoms with Crippen LogP contribution >= 0.6 is 0 Å². The minimum Gasteiger partial charge on any atom is -0.325 e. The summed E-state index contributed by atoms with van der Waals surface area (Å²) in [5.41, 5.74) is 3.63. The van der Waals surface area contributed by atoms with Crippen LogP contribution in [0.5, 0.6) is 0 Å². The molecular weight excluding hydrogens is 252 g/mol. The highest BCUT2D eigenvalue weighted by Crippen LogP contribution is 2.30. The van der Waals surface area contributed by atoms with Gasteiger partial charge in [0.05, 0.1) is 5.69 Å². The van der Waals surface area contributed by atoms with Gasteiger partial charge in [0.1, 0.15) is 11.6 Å². The molecule has 5 heteroatoms. The van der Waals surface area contributed by atoms with E-state index in [1.165, 1.54) is 0 Å². The van der Waals surface area contributed by atoms with Gasteiger partial charge in [-0.1, -0.05) is 6.42 Å². The van der Waals surface area contributed by atoms with Crippen molar-refractivity contribution in [2.24, 2.45) is 7.05 Å². The van der Waals surface area contributed by atoms with Crippen LogP contribution in [0, 0.1) is 11.3 Å². The summed E-state index contributed by atoms with van der Waals surface area (Å²) < 4.78 is 1.72. The Morgan fingerprint density at radius 2 is 2.15 bits per heavy atom. The predicted octanol–water partition coefficient (Wildman–Crippen LogP) is 1.92. The summed E-state index contributed by atoms with van der Waals surface area (Å²) in [4.78, 5) is 15.1. The first-order valence-electron chi connectivity index (χ1n) is 6.89. The molecule has 1 N–H and O–H groups in total. The first-order valence-corrected chi connectivity index (χ1v) is 6.89. The lowest BCUT2D eigenvalue weighted by atomic mass is 9.95. The third-order valence-corrected chi connectivity index (χ3v) is 3.95. The van der Waals surface area contributed by atoms with Gasteiger partial charge in [-0.3, -0.25) is 9.48 Å². The molecular formula is C15H16N4O. The number of fused-ring (bicyclic) bond motifs is 1. The maximum absolute atomic E-state index is 12.2. The number of nitrogens with one attached hydrogen (secondary N) is 1. The molecule has 0 atom stereocenters. The number of rotatable bonds is 1. The zero-order chi connectivity index (χ0) is 14.1. The minimum atomic E-state index is -0.288. The van der Waals surface area contributed by atoms with E-state index in [-0.39, 0.29) is 11.1 Å². The topological polar surface area (TPSA) is 74.5 Å². The quantitative estimate of drug-likeness (QED) is 0.803. The van der Waals surface area contributed by atoms with Gasteiger partial charge in [-0.15, -0.1) is 0 Å². The van der Waals surface area contributed by atoms with Gasteiger partial charge in [0.2, 0.25) is 0 Å². The molecule has 2 aromatic rings. The van der Waals surface area contributed by atoms with Gasteiger partial charge in [-0.25, -0.2) is 0 Å². The smallest absolute Gasteiger partial charge is 0.266 e. The highest BCUT2D eigenvalue weighted by atomic mass is 16.1. The number of nitriles is 1. The Hall–Kier alpha value is -2.35. The van der Waals surface area contributed by atoms with Gasteiger partial charge in [-0.2, -0.15) is 10.4 Å². The Balaban J connectivity index is 2.36. The van der Waals surface area contributed by atoms with Crippen LogP contribution in [-0.4, -0.2) is 14.8 Å². The summed E-state index contributed by atoms with van der Waals surface area (Å²) >= 11 is 0. The molecule has 0 unspecified atom stereocenters. The number of pyridine rings is 1. The fourth-order valence-electron chi connectivity index (χ4n) is 2.97. The fourth-order valence-corrected chi connectivity index (χ4v) is 2.97. The highest BCUT2D eigenvalue weighted by molar-refractivity contribution is 5.71. The van der Waals surface area contributed by atoms with Gasteiger partial charge >= 0.3 is 0 Å². The second kappa shape index (κ2) is 4.97. The summed E-state index contributed by atoms with van der Waals surface area (Å²) in [6, 6.07) is 3.93. The van der Waals surface area contributed by atoms with Crippen molar-refractivity contribution in [3.05, 3.63) is 39.4 Å². The van der Waals surface area contributed by atoms with Crippen LogP contribution in [0.1, 0.15) is 36.1 Å². The first-order chi connectivity index (χ1) is 9.72. The summed E-state index contributed by atoms with van der Waals surface area (Å²) in [7, 11) is 1.83. The van der Waals surface area contributed by atoms with Gasteiger partial charge in [0.25, 0.3) is 5.56 Å². The van der Waals surface area contributed by atoms with Crippen LogP contribution < -0.4 is 5.56 Å². The van der Waals surface area contributed by atoms with E-state index in [1.54, 1.807) is 10.9 Å². The number of aryl methyl sites for hydroxylation is 2. The second-order valence-corrected chi connectivity index (χ2v) is 5.17. The molecule has 1 aliphatic carbocycles. The van der Waals surface area contributed by atoms with E-state index < -0.39 is 0 Å². The average molecular weight is 268 g/mol. The van der Waals surface area contributed by atoms with Gasteiger partial charge in [-0.05, 0) is 37.3 Å². The van der Waals surface area contributed by atoms with Crippen LogP contribution in [0.25, 0.3) is 11.3 Å². The van der Waals surface area contributed by atoms with Crippen LogP contribution in [0.4, 0.5) is 0 Å². The second-order valence-electron chi connectivity index (χ2n) is 5.17. The lowest BCUT2D eigenvalue weighted by Gasteiger charge is -2.14. The Bertz CT molecular complexity index is 748. The van der Waals surface area contributed by atoms with Crippen molar-refractivity contribution >= 4 is 0 Å². The molecule has 2 aromatic heterocycles. The van der Waals surface area contributed by atoms with Crippen molar-refractivity contribution in [2.75, 3.05) is 0 Å². The lowest BCUT2D eigenvalue weighted by Crippen LogP contribution is -2.18. The number of hydrogen-bond donors (Lipinski definition) is 1. The first kappa shape index (κ1) is 12.7. The summed E-state index contributed by atoms with van der Waals surface area (Å²) in [6.45, 7) is 0. The van der Waals surface area contributed by atoms with E-state index in [0.717, 1.165) is 54.6 Å². The maximum Gasteiger partial charge on any atom is 0.266 e. The standard InChI is InChI=1S/C15H16N4O/c1-19-13(7-8-17-19)14-10-5-3-2-4-6-12(10)18-15(20)11(14)9-16/h7-8H,2-6H2,1H3,(H,18,20). The number of hydrogen-bond acceptors (Lipinski definition) is 3. The van der Waals surface area contributed by atoms with E-state index in [2.05, 4.69) is 16.2 Å². The molecule has 1 aliphatic rings. The third-order valence-electron chi connectivity index (χ3n) is 3.95. The van der Waals surface area contributed by atoms with Crippen LogP contribution in [0.2, 0.25) is 0 Å². The summed E-state index contributed by atoms with van der Waals surface area (Å²) in [5, 5.41) is 13.5. The Morgan fingerprint density at radius 1 is 1.35 bits per heavy atom. The van der Waals surface area contributed by atoms with Gasteiger partial charge < -0.3 is 4.98 Å². The Morgan fingerprint density at radius 3 is 2.85 bits per heavy atom. The maximum atomic E-state index is 12.2. The van der Waals surface area contributed by atoms with E-state index in [0.29, 0.717) is 0 Å². The van der Waals surface area contributed by atoms with Crippen molar-refractivity contribution < 1.29 is 0 Å². The highest BCUT2D eigenvalue weighted by Gasteiger charge is 2.21. The molecule has 5 nitrogen and oxygen atoms in total. The molecule has 3 rings (SSSR count). The average Bonchev–Trinajstić information content (AvgIpc) is 2.71. The molecule has 0 radical (unpaired) electrons. The molecule has 0 saturated carbocycles. The van der Waals surface area contributed by atoms with E-state index in [9.17, 15) is 10.1 Å². The van der Waals surface area contributed by atoms with Crippen molar-refractivity contribution in [1.82, 2.24) is 14.8 Å².